The van der Waals surface area contributed by atoms with Crippen LogP contribution in [0.5, 0.6) is 5.75 Å². The number of hydrogen-bond donors (Lipinski definition) is 2. The van der Waals surface area contributed by atoms with Crippen LogP contribution in [0.2, 0.25) is 0 Å². The number of hydrazone groups is 2. The standard InChI is InChI=1S/C26H19N5O4S/c1-35-20-12-10-16(11-13-20)21-15-36-26(27-21)31-24(32)23(22(30-31)17-6-3-2-4-7-17)29-28-19-9-5-8-18(14-19)25(33)34/h2-15,28H,1H3,(H,33,34)/b29-23+. The second-order valence-corrected chi connectivity index (χ2v) is 8.47. The van der Waals surface area contributed by atoms with Crippen LogP contribution in [-0.4, -0.2) is 40.5 Å². The fourth-order valence-corrected chi connectivity index (χ4v) is 4.29. The first-order valence-corrected chi connectivity index (χ1v) is 11.7. The van der Waals surface area contributed by atoms with Gasteiger partial charge in [-0.1, -0.05) is 36.4 Å². The van der Waals surface area contributed by atoms with Crippen molar-refractivity contribution in [1.82, 2.24) is 4.98 Å². The molecule has 10 heteroatoms. The molecule has 36 heavy (non-hydrogen) atoms. The first-order chi connectivity index (χ1) is 17.5. The van der Waals surface area contributed by atoms with Crippen molar-refractivity contribution in [3.8, 4) is 17.0 Å². The zero-order chi connectivity index (χ0) is 25.1. The van der Waals surface area contributed by atoms with Crippen molar-refractivity contribution in [2.75, 3.05) is 17.5 Å². The molecule has 3 aromatic carbocycles. The Morgan fingerprint density at radius 2 is 1.81 bits per heavy atom. The van der Waals surface area contributed by atoms with E-state index in [0.29, 0.717) is 27.8 Å². The summed E-state index contributed by atoms with van der Waals surface area (Å²) in [6.45, 7) is 0. The fourth-order valence-electron chi connectivity index (χ4n) is 3.51. The smallest absolute Gasteiger partial charge is 0.335 e. The van der Waals surface area contributed by atoms with Crippen LogP contribution in [0, 0.1) is 0 Å². The molecule has 0 bridgehead atoms. The predicted octanol–water partition coefficient (Wildman–Crippen LogP) is 4.74. The van der Waals surface area contributed by atoms with Gasteiger partial charge in [0, 0.05) is 16.5 Å². The average Bonchev–Trinajstić information content (AvgIpc) is 3.53. The summed E-state index contributed by atoms with van der Waals surface area (Å²) in [7, 11) is 1.61. The number of thiazole rings is 1. The third kappa shape index (κ3) is 4.57. The lowest BCUT2D eigenvalue weighted by molar-refractivity contribution is -0.112. The molecular formula is C26H19N5O4S. The molecule has 5 rings (SSSR count). The Morgan fingerprint density at radius 1 is 1.03 bits per heavy atom. The molecule has 0 saturated heterocycles. The van der Waals surface area contributed by atoms with Crippen molar-refractivity contribution in [2.24, 2.45) is 10.2 Å². The van der Waals surface area contributed by atoms with Crippen LogP contribution in [0.4, 0.5) is 10.8 Å². The average molecular weight is 498 g/mol. The lowest BCUT2D eigenvalue weighted by Gasteiger charge is -2.07. The molecule has 1 aliphatic rings. The van der Waals surface area contributed by atoms with Crippen molar-refractivity contribution in [3.05, 3.63) is 95.4 Å². The van der Waals surface area contributed by atoms with E-state index in [2.05, 4.69) is 20.6 Å². The van der Waals surface area contributed by atoms with Crippen LogP contribution >= 0.6 is 11.3 Å². The SMILES string of the molecule is COc1ccc(-c2csc(N3N=C(c4ccccc4)/C(=N\Nc4cccc(C(=O)O)c4)C3=O)n2)cc1. The second-order valence-electron chi connectivity index (χ2n) is 7.63. The minimum Gasteiger partial charge on any atom is -0.497 e. The summed E-state index contributed by atoms with van der Waals surface area (Å²) in [5, 5.41) is 21.6. The number of carboxylic acids is 1. The van der Waals surface area contributed by atoms with E-state index in [1.807, 2.05) is 60.0 Å². The monoisotopic (exact) mass is 497 g/mol. The Bertz CT molecular complexity index is 1500. The summed E-state index contributed by atoms with van der Waals surface area (Å²) in [6.07, 6.45) is 0. The maximum atomic E-state index is 13.4. The number of methoxy groups -OCH3 is 1. The molecule has 0 aliphatic carbocycles. The highest BCUT2D eigenvalue weighted by Crippen LogP contribution is 2.31. The van der Waals surface area contributed by atoms with Crippen molar-refractivity contribution >= 4 is 45.5 Å². The molecule has 0 radical (unpaired) electrons. The molecule has 2 heterocycles. The number of aromatic nitrogens is 1. The van der Waals surface area contributed by atoms with Gasteiger partial charge in [-0.3, -0.25) is 10.2 Å². The van der Waals surface area contributed by atoms with Crippen LogP contribution in [0.25, 0.3) is 11.3 Å². The molecule has 1 aromatic heterocycles. The Kier molecular flexibility index (Phi) is 6.25. The summed E-state index contributed by atoms with van der Waals surface area (Å²) < 4.78 is 5.21. The number of aromatic carboxylic acids is 1. The first kappa shape index (κ1) is 22.9. The molecule has 0 atom stereocenters. The van der Waals surface area contributed by atoms with Gasteiger partial charge in [-0.2, -0.15) is 15.2 Å². The number of anilines is 2. The highest BCUT2D eigenvalue weighted by molar-refractivity contribution is 7.14. The number of carbonyl (C=O) groups is 2. The molecule has 1 aliphatic heterocycles. The van der Waals surface area contributed by atoms with Gasteiger partial charge in [-0.15, -0.1) is 11.3 Å². The molecule has 2 N–H and O–H groups in total. The maximum absolute atomic E-state index is 13.4. The van der Waals surface area contributed by atoms with Gasteiger partial charge in [0.15, 0.2) is 5.71 Å². The zero-order valence-corrected chi connectivity index (χ0v) is 19.8. The maximum Gasteiger partial charge on any atom is 0.335 e. The quantitative estimate of drug-likeness (QED) is 0.357. The van der Waals surface area contributed by atoms with Crippen molar-refractivity contribution in [3.63, 3.8) is 0 Å². The Labute approximate surface area is 210 Å². The summed E-state index contributed by atoms with van der Waals surface area (Å²) in [5.41, 5.74) is 6.08. The van der Waals surface area contributed by atoms with Gasteiger partial charge in [0.1, 0.15) is 11.5 Å². The van der Waals surface area contributed by atoms with Crippen molar-refractivity contribution < 1.29 is 19.4 Å². The summed E-state index contributed by atoms with van der Waals surface area (Å²) in [5.74, 6) is -0.771. The van der Waals surface area contributed by atoms with E-state index in [1.165, 1.54) is 28.5 Å². The van der Waals surface area contributed by atoms with Gasteiger partial charge in [0.05, 0.1) is 24.1 Å². The van der Waals surface area contributed by atoms with Crippen LogP contribution in [0.1, 0.15) is 15.9 Å². The Balaban J connectivity index is 1.47. The van der Waals surface area contributed by atoms with Crippen molar-refractivity contribution in [2.45, 2.75) is 0 Å². The minimum absolute atomic E-state index is 0.0862. The van der Waals surface area contributed by atoms with Crippen LogP contribution in [0.15, 0.2) is 94.4 Å². The van der Waals surface area contributed by atoms with Crippen LogP contribution < -0.4 is 15.2 Å². The highest BCUT2D eigenvalue weighted by Gasteiger charge is 2.35. The number of benzene rings is 3. The first-order valence-electron chi connectivity index (χ1n) is 10.8. The van der Waals surface area contributed by atoms with E-state index in [1.54, 1.807) is 19.2 Å². The molecule has 1 amide bonds. The lowest BCUT2D eigenvalue weighted by atomic mass is 10.1. The summed E-state index contributed by atoms with van der Waals surface area (Å²) in [4.78, 5) is 29.3. The van der Waals surface area contributed by atoms with E-state index in [0.717, 1.165) is 11.3 Å². The third-order valence-electron chi connectivity index (χ3n) is 5.33. The number of nitrogens with zero attached hydrogens (tertiary/aromatic N) is 4. The Morgan fingerprint density at radius 3 is 2.53 bits per heavy atom. The summed E-state index contributed by atoms with van der Waals surface area (Å²) >= 11 is 1.29. The van der Waals surface area contributed by atoms with Gasteiger partial charge < -0.3 is 9.84 Å². The van der Waals surface area contributed by atoms with Gasteiger partial charge in [-0.25, -0.2) is 9.78 Å². The minimum atomic E-state index is -1.06. The molecule has 0 spiro atoms. The predicted molar refractivity (Wildman–Crippen MR) is 139 cm³/mol. The number of nitrogens with one attached hydrogen (secondary N) is 1. The van der Waals surface area contributed by atoms with E-state index in [-0.39, 0.29) is 11.3 Å². The van der Waals surface area contributed by atoms with Gasteiger partial charge in [0.2, 0.25) is 5.13 Å². The zero-order valence-electron chi connectivity index (χ0n) is 19.0. The normalized spacial score (nSPS) is 14.1. The van der Waals surface area contributed by atoms with Gasteiger partial charge >= 0.3 is 11.9 Å². The van der Waals surface area contributed by atoms with Crippen LogP contribution in [0.3, 0.4) is 0 Å². The number of rotatable bonds is 7. The summed E-state index contributed by atoms with van der Waals surface area (Å²) in [6, 6.07) is 22.9. The molecule has 0 saturated carbocycles. The second kappa shape index (κ2) is 9.80. The molecule has 9 nitrogen and oxygen atoms in total. The molecular weight excluding hydrogens is 478 g/mol. The molecule has 4 aromatic rings. The van der Waals surface area contributed by atoms with E-state index < -0.39 is 11.9 Å². The molecule has 0 fully saturated rings. The lowest BCUT2D eigenvalue weighted by Crippen LogP contribution is -2.28. The van der Waals surface area contributed by atoms with E-state index >= 15 is 0 Å². The van der Waals surface area contributed by atoms with E-state index in [4.69, 9.17) is 4.74 Å². The fraction of sp³-hybridized carbons (Fsp3) is 0.0385. The molecule has 178 valence electrons. The Hall–Kier alpha value is -4.83. The number of carboxylic acid groups (broad SMARTS) is 1. The van der Waals surface area contributed by atoms with Crippen molar-refractivity contribution in [1.29, 1.82) is 0 Å². The van der Waals surface area contributed by atoms with Gasteiger partial charge in [0.25, 0.3) is 0 Å². The van der Waals surface area contributed by atoms with Crippen LogP contribution in [-0.2, 0) is 4.79 Å². The topological polar surface area (TPSA) is 116 Å². The highest BCUT2D eigenvalue weighted by atomic mass is 32.1. The third-order valence-corrected chi connectivity index (χ3v) is 6.15. The number of ether oxygens (including phenoxy) is 1. The number of amides is 1. The van der Waals surface area contributed by atoms with E-state index in [9.17, 15) is 14.7 Å². The largest absolute Gasteiger partial charge is 0.497 e. The number of carbonyl (C=O) groups excluding carboxylic acids is 1. The number of hydrogen-bond acceptors (Lipinski definition) is 8. The molecule has 0 unspecified atom stereocenters. The van der Waals surface area contributed by atoms with Gasteiger partial charge in [-0.05, 0) is 42.5 Å².